The van der Waals surface area contributed by atoms with Gasteiger partial charge in [0.1, 0.15) is 25.0 Å². The summed E-state index contributed by atoms with van der Waals surface area (Å²) in [6, 6.07) is 5.63. The number of hydrogen-bond acceptors (Lipinski definition) is 7. The van der Waals surface area contributed by atoms with Crippen LogP contribution in [0, 0.1) is 0 Å². The summed E-state index contributed by atoms with van der Waals surface area (Å²) in [6.45, 7) is 5.18. The van der Waals surface area contributed by atoms with Crippen LogP contribution >= 0.6 is 22.9 Å². The molecule has 4 rings (SSSR count). The molecule has 1 amide bonds. The Kier molecular flexibility index (Phi) is 5.77. The number of para-hydroxylation sites is 1. The van der Waals surface area contributed by atoms with Gasteiger partial charge in [-0.2, -0.15) is 0 Å². The molecule has 27 heavy (non-hydrogen) atoms. The number of halogens is 1. The van der Waals surface area contributed by atoms with Crippen LogP contribution in [0.2, 0.25) is 5.02 Å². The van der Waals surface area contributed by atoms with Gasteiger partial charge in [0.15, 0.2) is 5.13 Å². The summed E-state index contributed by atoms with van der Waals surface area (Å²) in [4.78, 5) is 21.6. The average Bonchev–Trinajstić information content (AvgIpc) is 3.15. The normalized spacial score (nSPS) is 17.9. The second-order valence-electron chi connectivity index (χ2n) is 6.20. The Morgan fingerprint density at radius 1 is 1.26 bits per heavy atom. The SMILES string of the molecule is O=C(C1=COCCO1)N(CCN1CCOCC1)c1nc2c(Cl)cccc2s1. The van der Waals surface area contributed by atoms with Gasteiger partial charge in [-0.25, -0.2) is 4.98 Å². The predicted octanol–water partition coefficient (Wildman–Crippen LogP) is 2.50. The lowest BCUT2D eigenvalue weighted by Gasteiger charge is -2.29. The van der Waals surface area contributed by atoms with Gasteiger partial charge >= 0.3 is 0 Å². The average molecular weight is 410 g/mol. The van der Waals surface area contributed by atoms with Crippen LogP contribution in [0.4, 0.5) is 5.13 Å². The van der Waals surface area contributed by atoms with Crippen molar-refractivity contribution >= 4 is 44.2 Å². The Balaban J connectivity index is 1.60. The molecular formula is C18H20ClN3O4S. The largest absolute Gasteiger partial charge is 0.494 e. The number of fused-ring (bicyclic) bond motifs is 1. The Hall–Kier alpha value is -1.87. The van der Waals surface area contributed by atoms with Crippen molar-refractivity contribution in [1.29, 1.82) is 0 Å². The van der Waals surface area contributed by atoms with Crippen LogP contribution in [0.25, 0.3) is 10.2 Å². The molecule has 0 bridgehead atoms. The number of amides is 1. The van der Waals surface area contributed by atoms with Crippen LogP contribution in [-0.4, -0.2) is 68.4 Å². The zero-order valence-corrected chi connectivity index (χ0v) is 16.3. The third-order valence-electron chi connectivity index (χ3n) is 4.44. The lowest BCUT2D eigenvalue weighted by atomic mass is 10.3. The van der Waals surface area contributed by atoms with Crippen LogP contribution in [0.15, 0.2) is 30.2 Å². The van der Waals surface area contributed by atoms with E-state index in [0.29, 0.717) is 48.6 Å². The van der Waals surface area contributed by atoms with E-state index in [4.69, 9.17) is 25.8 Å². The number of morpholine rings is 1. The molecule has 2 aliphatic heterocycles. The number of rotatable bonds is 5. The van der Waals surface area contributed by atoms with Crippen molar-refractivity contribution in [2.75, 3.05) is 57.5 Å². The molecule has 9 heteroatoms. The van der Waals surface area contributed by atoms with Crippen molar-refractivity contribution in [3.63, 3.8) is 0 Å². The van der Waals surface area contributed by atoms with Crippen molar-refractivity contribution in [3.05, 3.63) is 35.2 Å². The summed E-state index contributed by atoms with van der Waals surface area (Å²) in [5.41, 5.74) is 0.707. The molecule has 1 aromatic heterocycles. The van der Waals surface area contributed by atoms with Gasteiger partial charge in [-0.3, -0.25) is 14.6 Å². The molecule has 0 spiro atoms. The summed E-state index contributed by atoms with van der Waals surface area (Å²) in [5, 5.41) is 1.18. The van der Waals surface area contributed by atoms with E-state index >= 15 is 0 Å². The summed E-state index contributed by atoms with van der Waals surface area (Å²) in [7, 11) is 0. The quantitative estimate of drug-likeness (QED) is 0.756. The molecule has 0 aliphatic carbocycles. The van der Waals surface area contributed by atoms with Crippen molar-refractivity contribution < 1.29 is 19.0 Å². The fourth-order valence-electron chi connectivity index (χ4n) is 2.98. The minimum absolute atomic E-state index is 0.202. The molecule has 2 aliphatic rings. The lowest BCUT2D eigenvalue weighted by molar-refractivity contribution is -0.119. The molecule has 7 nitrogen and oxygen atoms in total. The number of benzene rings is 1. The number of thiazole rings is 1. The number of carbonyl (C=O) groups excluding carboxylic acids is 1. The molecule has 1 fully saturated rings. The van der Waals surface area contributed by atoms with E-state index in [2.05, 4.69) is 9.88 Å². The monoisotopic (exact) mass is 409 g/mol. The van der Waals surface area contributed by atoms with Gasteiger partial charge in [-0.15, -0.1) is 0 Å². The first-order chi connectivity index (χ1) is 13.2. The third-order valence-corrected chi connectivity index (χ3v) is 5.79. The van der Waals surface area contributed by atoms with Crippen molar-refractivity contribution in [3.8, 4) is 0 Å². The van der Waals surface area contributed by atoms with E-state index in [1.165, 1.54) is 17.6 Å². The highest BCUT2D eigenvalue weighted by Crippen LogP contribution is 2.33. The number of aromatic nitrogens is 1. The summed E-state index contributed by atoms with van der Waals surface area (Å²) >= 11 is 7.71. The Bertz CT molecular complexity index is 850. The number of hydrogen-bond donors (Lipinski definition) is 0. The van der Waals surface area contributed by atoms with E-state index < -0.39 is 0 Å². The Labute approximate surface area is 166 Å². The minimum atomic E-state index is -0.252. The maximum Gasteiger partial charge on any atom is 0.298 e. The molecule has 0 atom stereocenters. The van der Waals surface area contributed by atoms with Crippen molar-refractivity contribution in [2.24, 2.45) is 0 Å². The number of carbonyl (C=O) groups is 1. The van der Waals surface area contributed by atoms with Crippen LogP contribution in [-0.2, 0) is 19.0 Å². The highest BCUT2D eigenvalue weighted by atomic mass is 35.5. The standard InChI is InChI=1S/C18H20ClN3O4S/c19-13-2-1-3-15-16(13)20-18(27-15)22(5-4-21-6-8-24-9-7-21)17(23)14-12-25-10-11-26-14/h1-3,12H,4-11H2. The summed E-state index contributed by atoms with van der Waals surface area (Å²) in [6.07, 6.45) is 1.38. The second kappa shape index (κ2) is 8.43. The van der Waals surface area contributed by atoms with E-state index in [1.54, 1.807) is 11.0 Å². The maximum absolute atomic E-state index is 13.1. The van der Waals surface area contributed by atoms with Gasteiger partial charge in [-0.1, -0.05) is 29.0 Å². The van der Waals surface area contributed by atoms with Gasteiger partial charge in [0.25, 0.3) is 5.91 Å². The number of ether oxygens (including phenoxy) is 3. The highest BCUT2D eigenvalue weighted by molar-refractivity contribution is 7.22. The van der Waals surface area contributed by atoms with Crippen LogP contribution in [0.5, 0.6) is 0 Å². The maximum atomic E-state index is 13.1. The Morgan fingerprint density at radius 3 is 2.85 bits per heavy atom. The highest BCUT2D eigenvalue weighted by Gasteiger charge is 2.27. The predicted molar refractivity (Wildman–Crippen MR) is 104 cm³/mol. The molecule has 1 aromatic carbocycles. The van der Waals surface area contributed by atoms with Gasteiger partial charge < -0.3 is 14.2 Å². The molecule has 144 valence electrons. The molecule has 0 N–H and O–H groups in total. The Morgan fingerprint density at radius 2 is 2.11 bits per heavy atom. The van der Waals surface area contributed by atoms with E-state index in [1.807, 2.05) is 12.1 Å². The van der Waals surface area contributed by atoms with Crippen LogP contribution < -0.4 is 4.90 Å². The molecule has 0 unspecified atom stereocenters. The number of nitrogens with zero attached hydrogens (tertiary/aromatic N) is 3. The summed E-state index contributed by atoms with van der Waals surface area (Å²) in [5.74, 6) is -0.0493. The molecule has 0 radical (unpaired) electrons. The molecular weight excluding hydrogens is 390 g/mol. The van der Waals surface area contributed by atoms with Crippen LogP contribution in [0.1, 0.15) is 0 Å². The molecule has 1 saturated heterocycles. The zero-order chi connectivity index (χ0) is 18.6. The smallest absolute Gasteiger partial charge is 0.298 e. The lowest BCUT2D eigenvalue weighted by Crippen LogP contribution is -2.44. The fraction of sp³-hybridized carbons (Fsp3) is 0.444. The molecule has 3 heterocycles. The fourth-order valence-corrected chi connectivity index (χ4v) is 4.27. The minimum Gasteiger partial charge on any atom is -0.494 e. The van der Waals surface area contributed by atoms with E-state index in [0.717, 1.165) is 24.3 Å². The number of anilines is 1. The van der Waals surface area contributed by atoms with Gasteiger partial charge in [-0.05, 0) is 12.1 Å². The molecule has 0 saturated carbocycles. The van der Waals surface area contributed by atoms with Crippen LogP contribution in [0.3, 0.4) is 0 Å². The second-order valence-corrected chi connectivity index (χ2v) is 7.61. The first-order valence-electron chi connectivity index (χ1n) is 8.84. The molecule has 2 aromatic rings. The van der Waals surface area contributed by atoms with E-state index in [-0.39, 0.29) is 11.7 Å². The van der Waals surface area contributed by atoms with Crippen molar-refractivity contribution in [2.45, 2.75) is 0 Å². The topological polar surface area (TPSA) is 64.1 Å². The van der Waals surface area contributed by atoms with Gasteiger partial charge in [0, 0.05) is 26.2 Å². The third kappa shape index (κ3) is 4.19. The van der Waals surface area contributed by atoms with Gasteiger partial charge in [0.2, 0.25) is 5.76 Å². The first-order valence-corrected chi connectivity index (χ1v) is 10.0. The zero-order valence-electron chi connectivity index (χ0n) is 14.7. The summed E-state index contributed by atoms with van der Waals surface area (Å²) < 4.78 is 17.1. The van der Waals surface area contributed by atoms with E-state index in [9.17, 15) is 4.79 Å². The van der Waals surface area contributed by atoms with Gasteiger partial charge in [0.05, 0.1) is 22.9 Å². The first kappa shape index (κ1) is 18.5. The van der Waals surface area contributed by atoms with Crippen molar-refractivity contribution in [1.82, 2.24) is 9.88 Å².